The van der Waals surface area contributed by atoms with Gasteiger partial charge in [-0.3, -0.25) is 0 Å². The van der Waals surface area contributed by atoms with Crippen LogP contribution in [0.25, 0.3) is 5.69 Å². The summed E-state index contributed by atoms with van der Waals surface area (Å²) in [6.45, 7) is 0. The highest BCUT2D eigenvalue weighted by Gasteiger charge is 2.04. The standard InChI is InChI=1S/C9H6BrN3O2/c10-8-3-4-13(12-8)6-1-2-7(9(14)15)11-5-6/h1-5H,(H,14,15). The van der Waals surface area contributed by atoms with Crippen LogP contribution in [0.2, 0.25) is 0 Å². The van der Waals surface area contributed by atoms with E-state index < -0.39 is 5.97 Å². The fraction of sp³-hybridized carbons (Fsp3) is 0. The van der Waals surface area contributed by atoms with Crippen LogP contribution in [0.15, 0.2) is 35.2 Å². The van der Waals surface area contributed by atoms with Gasteiger partial charge in [0.05, 0.1) is 11.9 Å². The molecule has 0 radical (unpaired) electrons. The number of pyridine rings is 1. The van der Waals surface area contributed by atoms with Gasteiger partial charge < -0.3 is 5.11 Å². The first-order chi connectivity index (χ1) is 7.16. The van der Waals surface area contributed by atoms with Crippen LogP contribution in [-0.2, 0) is 0 Å². The molecule has 0 unspecified atom stereocenters. The fourth-order valence-corrected chi connectivity index (χ4v) is 1.38. The molecule has 0 aromatic carbocycles. The summed E-state index contributed by atoms with van der Waals surface area (Å²) in [6.07, 6.45) is 3.21. The molecule has 2 heterocycles. The van der Waals surface area contributed by atoms with Crippen molar-refractivity contribution in [2.24, 2.45) is 0 Å². The van der Waals surface area contributed by atoms with Gasteiger partial charge in [-0.25, -0.2) is 14.5 Å². The van der Waals surface area contributed by atoms with Crippen molar-refractivity contribution in [1.29, 1.82) is 0 Å². The molecule has 0 aliphatic heterocycles. The lowest BCUT2D eigenvalue weighted by Gasteiger charge is -2.00. The summed E-state index contributed by atoms with van der Waals surface area (Å²) in [6, 6.07) is 4.87. The molecule has 0 spiro atoms. The Morgan fingerprint density at radius 1 is 1.40 bits per heavy atom. The molecular weight excluding hydrogens is 262 g/mol. The number of hydrogen-bond donors (Lipinski definition) is 1. The fourth-order valence-electron chi connectivity index (χ4n) is 1.09. The van der Waals surface area contributed by atoms with Gasteiger partial charge in [0.15, 0.2) is 0 Å². The Balaban J connectivity index is 2.35. The number of halogens is 1. The minimum Gasteiger partial charge on any atom is -0.477 e. The van der Waals surface area contributed by atoms with Crippen molar-refractivity contribution in [3.8, 4) is 5.69 Å². The zero-order chi connectivity index (χ0) is 10.8. The number of carboxylic acid groups (broad SMARTS) is 1. The van der Waals surface area contributed by atoms with Crippen LogP contribution in [0.5, 0.6) is 0 Å². The van der Waals surface area contributed by atoms with Crippen LogP contribution in [0.3, 0.4) is 0 Å². The van der Waals surface area contributed by atoms with E-state index in [-0.39, 0.29) is 5.69 Å². The molecule has 2 rings (SSSR count). The Bertz CT molecular complexity index is 492. The lowest BCUT2D eigenvalue weighted by molar-refractivity contribution is 0.0690. The molecule has 0 saturated carbocycles. The number of carbonyl (C=O) groups is 1. The summed E-state index contributed by atoms with van der Waals surface area (Å²) in [7, 11) is 0. The van der Waals surface area contributed by atoms with Crippen LogP contribution in [0.4, 0.5) is 0 Å². The molecule has 1 N–H and O–H groups in total. The Morgan fingerprint density at radius 3 is 2.67 bits per heavy atom. The third-order valence-corrected chi connectivity index (χ3v) is 2.21. The van der Waals surface area contributed by atoms with Crippen molar-refractivity contribution < 1.29 is 9.90 Å². The van der Waals surface area contributed by atoms with Gasteiger partial charge in [0, 0.05) is 6.20 Å². The highest BCUT2D eigenvalue weighted by atomic mass is 79.9. The summed E-state index contributed by atoms with van der Waals surface area (Å²) in [5.74, 6) is -1.04. The smallest absolute Gasteiger partial charge is 0.354 e. The molecule has 0 atom stereocenters. The normalized spacial score (nSPS) is 10.2. The number of carboxylic acids is 1. The van der Waals surface area contributed by atoms with Crippen molar-refractivity contribution in [3.05, 3.63) is 40.9 Å². The van der Waals surface area contributed by atoms with E-state index in [1.807, 2.05) is 0 Å². The number of rotatable bonds is 2. The summed E-state index contributed by atoms with van der Waals surface area (Å²) in [4.78, 5) is 14.3. The molecule has 2 aromatic rings. The van der Waals surface area contributed by atoms with Crippen LogP contribution in [-0.4, -0.2) is 25.8 Å². The molecule has 5 nitrogen and oxygen atoms in total. The largest absolute Gasteiger partial charge is 0.477 e. The second-order valence-corrected chi connectivity index (χ2v) is 3.60. The van der Waals surface area contributed by atoms with Crippen molar-refractivity contribution in [2.75, 3.05) is 0 Å². The average Bonchev–Trinajstić information content (AvgIpc) is 2.65. The maximum Gasteiger partial charge on any atom is 0.354 e. The third-order valence-electron chi connectivity index (χ3n) is 1.79. The van der Waals surface area contributed by atoms with E-state index >= 15 is 0 Å². The highest BCUT2D eigenvalue weighted by molar-refractivity contribution is 9.10. The van der Waals surface area contributed by atoms with Gasteiger partial charge in [-0.1, -0.05) is 0 Å². The second-order valence-electron chi connectivity index (χ2n) is 2.79. The molecule has 0 amide bonds. The molecule has 0 fully saturated rings. The van der Waals surface area contributed by atoms with Crippen molar-refractivity contribution in [3.63, 3.8) is 0 Å². The Labute approximate surface area is 93.5 Å². The molecule has 76 valence electrons. The first-order valence-corrected chi connectivity index (χ1v) is 4.87. The van der Waals surface area contributed by atoms with Gasteiger partial charge in [0.25, 0.3) is 0 Å². The maximum atomic E-state index is 10.6. The molecule has 0 aliphatic carbocycles. The molecular formula is C9H6BrN3O2. The zero-order valence-corrected chi connectivity index (χ0v) is 9.05. The number of aromatic carboxylic acids is 1. The number of hydrogen-bond acceptors (Lipinski definition) is 3. The summed E-state index contributed by atoms with van der Waals surface area (Å²) in [5, 5.41) is 12.8. The van der Waals surface area contributed by atoms with Gasteiger partial charge in [-0.15, -0.1) is 0 Å². The second kappa shape index (κ2) is 3.82. The summed E-state index contributed by atoms with van der Waals surface area (Å²) in [5.41, 5.74) is 0.732. The quantitative estimate of drug-likeness (QED) is 0.900. The van der Waals surface area contributed by atoms with E-state index in [1.165, 1.54) is 12.3 Å². The van der Waals surface area contributed by atoms with Crippen LogP contribution in [0.1, 0.15) is 10.5 Å². The highest BCUT2D eigenvalue weighted by Crippen LogP contribution is 2.10. The zero-order valence-electron chi connectivity index (χ0n) is 7.46. The van der Waals surface area contributed by atoms with Gasteiger partial charge in [0.1, 0.15) is 10.3 Å². The topological polar surface area (TPSA) is 68.0 Å². The predicted octanol–water partition coefficient (Wildman–Crippen LogP) is 1.73. The maximum absolute atomic E-state index is 10.6. The molecule has 0 aliphatic rings. The first kappa shape index (κ1) is 9.85. The van der Waals surface area contributed by atoms with Crippen LogP contribution < -0.4 is 0 Å². The molecule has 15 heavy (non-hydrogen) atoms. The molecule has 0 bridgehead atoms. The van der Waals surface area contributed by atoms with Crippen molar-refractivity contribution in [1.82, 2.24) is 14.8 Å². The third kappa shape index (κ3) is 2.04. The van der Waals surface area contributed by atoms with Crippen molar-refractivity contribution in [2.45, 2.75) is 0 Å². The average molecular weight is 268 g/mol. The van der Waals surface area contributed by atoms with E-state index in [4.69, 9.17) is 5.11 Å². The van der Waals surface area contributed by atoms with E-state index in [2.05, 4.69) is 26.0 Å². The van der Waals surface area contributed by atoms with Crippen molar-refractivity contribution >= 4 is 21.9 Å². The molecule has 2 aromatic heterocycles. The van der Waals surface area contributed by atoms with Crippen LogP contribution >= 0.6 is 15.9 Å². The summed E-state index contributed by atoms with van der Waals surface area (Å²) >= 11 is 3.22. The van der Waals surface area contributed by atoms with E-state index in [0.29, 0.717) is 10.3 Å². The van der Waals surface area contributed by atoms with Gasteiger partial charge >= 0.3 is 5.97 Å². The minimum absolute atomic E-state index is 0.0185. The Kier molecular flexibility index (Phi) is 2.51. The summed E-state index contributed by atoms with van der Waals surface area (Å²) < 4.78 is 2.31. The number of aromatic nitrogens is 3. The van der Waals surface area contributed by atoms with Crippen LogP contribution in [0, 0.1) is 0 Å². The Hall–Kier alpha value is -1.69. The van der Waals surface area contributed by atoms with E-state index in [0.717, 1.165) is 0 Å². The van der Waals surface area contributed by atoms with Gasteiger partial charge in [-0.2, -0.15) is 5.10 Å². The SMILES string of the molecule is O=C(O)c1ccc(-n2ccc(Br)n2)cn1. The van der Waals surface area contributed by atoms with Gasteiger partial charge in [-0.05, 0) is 34.1 Å². The minimum atomic E-state index is -1.04. The lowest BCUT2D eigenvalue weighted by Crippen LogP contribution is -2.02. The number of nitrogens with zero attached hydrogens (tertiary/aromatic N) is 3. The molecule has 0 saturated heterocycles. The van der Waals surface area contributed by atoms with Gasteiger partial charge in [0.2, 0.25) is 0 Å². The predicted molar refractivity (Wildman–Crippen MR) is 56.0 cm³/mol. The van der Waals surface area contributed by atoms with E-state index in [9.17, 15) is 4.79 Å². The lowest BCUT2D eigenvalue weighted by atomic mass is 10.3. The Morgan fingerprint density at radius 2 is 2.20 bits per heavy atom. The molecule has 6 heteroatoms. The monoisotopic (exact) mass is 267 g/mol. The first-order valence-electron chi connectivity index (χ1n) is 4.08. The van der Waals surface area contributed by atoms with E-state index in [1.54, 1.807) is 23.0 Å².